The van der Waals surface area contributed by atoms with Crippen LogP contribution in [0.3, 0.4) is 0 Å². The van der Waals surface area contributed by atoms with Crippen LogP contribution in [0.15, 0.2) is 30.3 Å². The third-order valence-corrected chi connectivity index (χ3v) is 4.15. The fourth-order valence-electron chi connectivity index (χ4n) is 3.02. The lowest BCUT2D eigenvalue weighted by Crippen LogP contribution is -2.30. The number of nitrogens with zero attached hydrogens (tertiary/aromatic N) is 2. The molecule has 2 aromatic rings. The number of anilines is 1. The lowest BCUT2D eigenvalue weighted by atomic mass is 10.1. The Balaban J connectivity index is 2.13. The van der Waals surface area contributed by atoms with Crippen molar-refractivity contribution in [2.24, 2.45) is 0 Å². The maximum atomic E-state index is 11.3. The highest BCUT2D eigenvalue weighted by atomic mass is 16.4. The number of fused-ring (bicyclic) bond motifs is 1. The minimum absolute atomic E-state index is 0.114. The zero-order valence-corrected chi connectivity index (χ0v) is 11.5. The zero-order valence-electron chi connectivity index (χ0n) is 11.5. The third-order valence-electron chi connectivity index (χ3n) is 4.15. The lowest BCUT2D eigenvalue weighted by Gasteiger charge is -2.26. The van der Waals surface area contributed by atoms with Crippen molar-refractivity contribution in [2.45, 2.75) is 31.7 Å². The number of hydrogen-bond acceptors (Lipinski definition) is 3. The molecule has 1 aliphatic carbocycles. The van der Waals surface area contributed by atoms with E-state index in [0.717, 1.165) is 29.4 Å². The Morgan fingerprint density at radius 2 is 2.00 bits per heavy atom. The normalized spacial score (nSPS) is 15.7. The summed E-state index contributed by atoms with van der Waals surface area (Å²) < 4.78 is 0. The molecule has 0 saturated heterocycles. The van der Waals surface area contributed by atoms with Crippen molar-refractivity contribution in [1.82, 2.24) is 4.98 Å². The number of rotatable bonds is 3. The van der Waals surface area contributed by atoms with Crippen LogP contribution in [0.1, 0.15) is 36.2 Å². The summed E-state index contributed by atoms with van der Waals surface area (Å²) in [5.41, 5.74) is 0.114. The maximum Gasteiger partial charge on any atom is 0.354 e. The van der Waals surface area contributed by atoms with Gasteiger partial charge in [0, 0.05) is 18.5 Å². The van der Waals surface area contributed by atoms with Crippen LogP contribution in [0.4, 0.5) is 5.82 Å². The molecule has 1 heterocycles. The number of carboxylic acid groups (broad SMARTS) is 1. The summed E-state index contributed by atoms with van der Waals surface area (Å²) >= 11 is 0. The predicted molar refractivity (Wildman–Crippen MR) is 79.4 cm³/mol. The fourth-order valence-corrected chi connectivity index (χ4v) is 3.02. The standard InChI is InChI=1S/C16H18N2O2/c1-18(12-7-3-4-8-12)15-13-9-5-2-6-11(13)10-14(17-15)16(19)20/h2,5-6,9-10,12H,3-4,7-8H2,1H3,(H,19,20). The van der Waals surface area contributed by atoms with E-state index in [-0.39, 0.29) is 5.69 Å². The molecule has 4 heteroatoms. The summed E-state index contributed by atoms with van der Waals surface area (Å²) in [6.07, 6.45) is 4.80. The van der Waals surface area contributed by atoms with Crippen LogP contribution >= 0.6 is 0 Å². The Morgan fingerprint density at radius 1 is 1.30 bits per heavy atom. The molecule has 4 nitrogen and oxygen atoms in total. The van der Waals surface area contributed by atoms with Gasteiger partial charge in [-0.2, -0.15) is 0 Å². The van der Waals surface area contributed by atoms with E-state index < -0.39 is 5.97 Å². The monoisotopic (exact) mass is 270 g/mol. The molecule has 0 spiro atoms. The first-order chi connectivity index (χ1) is 9.66. The van der Waals surface area contributed by atoms with E-state index in [0.29, 0.717) is 6.04 Å². The molecule has 1 fully saturated rings. The van der Waals surface area contributed by atoms with E-state index >= 15 is 0 Å². The smallest absolute Gasteiger partial charge is 0.354 e. The zero-order chi connectivity index (χ0) is 14.1. The minimum atomic E-state index is -0.975. The van der Waals surface area contributed by atoms with E-state index in [4.69, 9.17) is 0 Å². The van der Waals surface area contributed by atoms with Crippen molar-refractivity contribution in [3.8, 4) is 0 Å². The topological polar surface area (TPSA) is 53.4 Å². The number of carbonyl (C=O) groups is 1. The number of hydrogen-bond donors (Lipinski definition) is 1. The van der Waals surface area contributed by atoms with Gasteiger partial charge in [-0.25, -0.2) is 9.78 Å². The van der Waals surface area contributed by atoms with Gasteiger partial charge in [0.05, 0.1) is 0 Å². The van der Waals surface area contributed by atoms with Gasteiger partial charge in [0.15, 0.2) is 5.69 Å². The minimum Gasteiger partial charge on any atom is -0.477 e. The van der Waals surface area contributed by atoms with Gasteiger partial charge < -0.3 is 10.0 Å². The van der Waals surface area contributed by atoms with Gasteiger partial charge in [-0.1, -0.05) is 37.1 Å². The third kappa shape index (κ3) is 2.22. The number of aromatic carboxylic acids is 1. The second kappa shape index (κ2) is 5.12. The highest BCUT2D eigenvalue weighted by Gasteiger charge is 2.23. The van der Waals surface area contributed by atoms with Crippen LogP contribution in [0.2, 0.25) is 0 Å². The van der Waals surface area contributed by atoms with Crippen LogP contribution < -0.4 is 4.90 Å². The van der Waals surface area contributed by atoms with Crippen molar-refractivity contribution in [2.75, 3.05) is 11.9 Å². The Bertz CT molecular complexity index is 648. The lowest BCUT2D eigenvalue weighted by molar-refractivity contribution is 0.0691. The molecule has 0 unspecified atom stereocenters. The largest absolute Gasteiger partial charge is 0.477 e. The van der Waals surface area contributed by atoms with Gasteiger partial charge in [-0.15, -0.1) is 0 Å². The summed E-state index contributed by atoms with van der Waals surface area (Å²) in [4.78, 5) is 17.8. The molecule has 0 amide bonds. The van der Waals surface area contributed by atoms with Crippen molar-refractivity contribution in [3.05, 3.63) is 36.0 Å². The molecule has 0 atom stereocenters. The van der Waals surface area contributed by atoms with E-state index in [9.17, 15) is 9.90 Å². The van der Waals surface area contributed by atoms with Gasteiger partial charge in [0.2, 0.25) is 0 Å². The van der Waals surface area contributed by atoms with Crippen LogP contribution in [0.25, 0.3) is 10.8 Å². The van der Waals surface area contributed by atoms with Crippen LogP contribution in [0.5, 0.6) is 0 Å². The van der Waals surface area contributed by atoms with Gasteiger partial charge >= 0.3 is 5.97 Å². The number of aromatic nitrogens is 1. The highest BCUT2D eigenvalue weighted by molar-refractivity contribution is 5.98. The van der Waals surface area contributed by atoms with Gasteiger partial charge in [-0.05, 0) is 24.3 Å². The first-order valence-electron chi connectivity index (χ1n) is 7.03. The molecular weight excluding hydrogens is 252 g/mol. The molecule has 1 aromatic heterocycles. The highest BCUT2D eigenvalue weighted by Crippen LogP contribution is 2.31. The molecule has 1 N–H and O–H groups in total. The average molecular weight is 270 g/mol. The molecule has 0 bridgehead atoms. The SMILES string of the molecule is CN(c1nc(C(=O)O)cc2ccccc12)C1CCCC1. The summed E-state index contributed by atoms with van der Waals surface area (Å²) in [5.74, 6) is -0.191. The molecule has 0 aliphatic heterocycles. The Hall–Kier alpha value is -2.10. The Morgan fingerprint density at radius 3 is 2.70 bits per heavy atom. The molecule has 1 saturated carbocycles. The Labute approximate surface area is 118 Å². The number of pyridine rings is 1. The molecule has 0 radical (unpaired) electrons. The Kier molecular flexibility index (Phi) is 3.30. The molecule has 20 heavy (non-hydrogen) atoms. The second-order valence-corrected chi connectivity index (χ2v) is 5.41. The molecule has 3 rings (SSSR count). The quantitative estimate of drug-likeness (QED) is 0.929. The first-order valence-corrected chi connectivity index (χ1v) is 7.03. The summed E-state index contributed by atoms with van der Waals surface area (Å²) in [6, 6.07) is 9.95. The molecular formula is C16H18N2O2. The van der Waals surface area contributed by atoms with Crippen LogP contribution in [0, 0.1) is 0 Å². The first kappa shape index (κ1) is 12.9. The fraction of sp³-hybridized carbons (Fsp3) is 0.375. The predicted octanol–water partition coefficient (Wildman–Crippen LogP) is 3.31. The molecule has 1 aliphatic rings. The molecule has 104 valence electrons. The number of carboxylic acids is 1. The van der Waals surface area contributed by atoms with E-state index in [2.05, 4.69) is 9.88 Å². The summed E-state index contributed by atoms with van der Waals surface area (Å²) in [7, 11) is 2.02. The van der Waals surface area contributed by atoms with Crippen LogP contribution in [-0.4, -0.2) is 29.1 Å². The van der Waals surface area contributed by atoms with E-state index in [1.54, 1.807) is 6.07 Å². The van der Waals surface area contributed by atoms with E-state index in [1.807, 2.05) is 31.3 Å². The number of benzene rings is 1. The van der Waals surface area contributed by atoms with E-state index in [1.165, 1.54) is 12.8 Å². The summed E-state index contributed by atoms with van der Waals surface area (Å²) in [5, 5.41) is 11.2. The van der Waals surface area contributed by atoms with Crippen molar-refractivity contribution in [3.63, 3.8) is 0 Å². The van der Waals surface area contributed by atoms with Gasteiger partial charge in [-0.3, -0.25) is 0 Å². The van der Waals surface area contributed by atoms with Gasteiger partial charge in [0.25, 0.3) is 0 Å². The second-order valence-electron chi connectivity index (χ2n) is 5.41. The van der Waals surface area contributed by atoms with Crippen molar-refractivity contribution >= 4 is 22.6 Å². The average Bonchev–Trinajstić information content (AvgIpc) is 2.99. The van der Waals surface area contributed by atoms with Crippen LogP contribution in [-0.2, 0) is 0 Å². The molecule has 1 aromatic carbocycles. The van der Waals surface area contributed by atoms with Crippen molar-refractivity contribution in [1.29, 1.82) is 0 Å². The summed E-state index contributed by atoms with van der Waals surface area (Å²) in [6.45, 7) is 0. The maximum absolute atomic E-state index is 11.3. The van der Waals surface area contributed by atoms with Gasteiger partial charge in [0.1, 0.15) is 5.82 Å². The van der Waals surface area contributed by atoms with Crippen molar-refractivity contribution < 1.29 is 9.90 Å².